The molecule has 1 aliphatic rings. The van der Waals surface area contributed by atoms with Crippen molar-refractivity contribution in [3.8, 4) is 6.07 Å². The zero-order valence-electron chi connectivity index (χ0n) is 10.2. The minimum atomic E-state index is -0.718. The van der Waals surface area contributed by atoms with Crippen LogP contribution in [0.5, 0.6) is 0 Å². The number of carbonyl (C=O) groups excluding carboxylic acids is 2. The maximum Gasteiger partial charge on any atom is 0.312 e. The number of hydrogen-bond acceptors (Lipinski definition) is 6. The molecule has 7 nitrogen and oxygen atoms in total. The third kappa shape index (κ3) is 3.20. The van der Waals surface area contributed by atoms with Crippen molar-refractivity contribution in [3.63, 3.8) is 0 Å². The van der Waals surface area contributed by atoms with E-state index in [-0.39, 0.29) is 6.54 Å². The number of aromatic nitrogens is 1. The van der Waals surface area contributed by atoms with E-state index in [1.807, 2.05) is 5.38 Å². The van der Waals surface area contributed by atoms with E-state index in [1.165, 1.54) is 4.90 Å². The molecule has 19 heavy (non-hydrogen) atoms. The van der Waals surface area contributed by atoms with Gasteiger partial charge in [-0.25, -0.2) is 4.98 Å². The molecule has 0 saturated carbocycles. The maximum atomic E-state index is 11.8. The molecule has 100 valence electrons. The summed E-state index contributed by atoms with van der Waals surface area (Å²) >= 11 is 1.55. The van der Waals surface area contributed by atoms with Crippen molar-refractivity contribution in [1.82, 2.24) is 15.2 Å². The standard InChI is InChI=1S/C11H13N5O2S/c12-1-2-13-9(17)10(18)15-4-6-16(7-5-15)11-14-3-8-19-11/h3,8H,2,4-7H2,(H,13,17). The van der Waals surface area contributed by atoms with Gasteiger partial charge in [-0.15, -0.1) is 11.3 Å². The van der Waals surface area contributed by atoms with Crippen LogP contribution in [0.15, 0.2) is 11.6 Å². The summed E-state index contributed by atoms with van der Waals surface area (Å²) in [7, 11) is 0. The molecule has 1 aromatic heterocycles. The Labute approximate surface area is 114 Å². The number of thiazole rings is 1. The Morgan fingerprint density at radius 2 is 2.16 bits per heavy atom. The molecule has 0 unspecified atom stereocenters. The van der Waals surface area contributed by atoms with Crippen molar-refractivity contribution >= 4 is 28.3 Å². The largest absolute Gasteiger partial charge is 0.345 e. The van der Waals surface area contributed by atoms with Crippen LogP contribution >= 0.6 is 11.3 Å². The minimum absolute atomic E-state index is 0.149. The lowest BCUT2D eigenvalue weighted by Gasteiger charge is -2.34. The highest BCUT2D eigenvalue weighted by atomic mass is 32.1. The molecule has 1 saturated heterocycles. The maximum absolute atomic E-state index is 11.8. The Balaban J connectivity index is 1.84. The van der Waals surface area contributed by atoms with Gasteiger partial charge in [-0.1, -0.05) is 0 Å². The molecule has 0 radical (unpaired) electrons. The average Bonchev–Trinajstić information content (AvgIpc) is 2.98. The number of anilines is 1. The van der Waals surface area contributed by atoms with Gasteiger partial charge in [0.05, 0.1) is 6.07 Å². The normalized spacial score (nSPS) is 14.9. The fourth-order valence-electron chi connectivity index (χ4n) is 1.81. The molecule has 0 bridgehead atoms. The molecule has 1 aromatic rings. The summed E-state index contributed by atoms with van der Waals surface area (Å²) in [6.07, 6.45) is 1.74. The summed E-state index contributed by atoms with van der Waals surface area (Å²) in [5.74, 6) is -1.29. The van der Waals surface area contributed by atoms with Gasteiger partial charge in [-0.3, -0.25) is 9.59 Å². The van der Waals surface area contributed by atoms with E-state index in [1.54, 1.807) is 23.6 Å². The van der Waals surface area contributed by atoms with Crippen LogP contribution in [0, 0.1) is 11.3 Å². The van der Waals surface area contributed by atoms with E-state index in [0.717, 1.165) is 5.13 Å². The van der Waals surface area contributed by atoms with Crippen LogP contribution in [0.25, 0.3) is 0 Å². The van der Waals surface area contributed by atoms with Gasteiger partial charge in [0.25, 0.3) is 0 Å². The van der Waals surface area contributed by atoms with Crippen molar-refractivity contribution in [2.45, 2.75) is 0 Å². The van der Waals surface area contributed by atoms with E-state index in [0.29, 0.717) is 26.2 Å². The third-order valence-electron chi connectivity index (χ3n) is 2.78. The fourth-order valence-corrected chi connectivity index (χ4v) is 2.51. The summed E-state index contributed by atoms with van der Waals surface area (Å²) in [5.41, 5.74) is 0. The molecule has 0 atom stereocenters. The number of carbonyl (C=O) groups is 2. The van der Waals surface area contributed by atoms with Crippen LogP contribution in [0.1, 0.15) is 0 Å². The van der Waals surface area contributed by atoms with Crippen LogP contribution in [0.2, 0.25) is 0 Å². The first kappa shape index (κ1) is 13.3. The highest BCUT2D eigenvalue weighted by Crippen LogP contribution is 2.18. The second-order valence-electron chi connectivity index (χ2n) is 3.93. The summed E-state index contributed by atoms with van der Waals surface area (Å²) in [4.78, 5) is 31.0. The number of rotatable bonds is 2. The molecule has 2 rings (SSSR count). The highest BCUT2D eigenvalue weighted by Gasteiger charge is 2.26. The quantitative estimate of drug-likeness (QED) is 0.578. The lowest BCUT2D eigenvalue weighted by molar-refractivity contribution is -0.145. The third-order valence-corrected chi connectivity index (χ3v) is 3.61. The van der Waals surface area contributed by atoms with E-state index >= 15 is 0 Å². The molecule has 0 aromatic carbocycles. The molecule has 1 aliphatic heterocycles. The Kier molecular flexibility index (Phi) is 4.30. The van der Waals surface area contributed by atoms with Crippen molar-refractivity contribution in [2.75, 3.05) is 37.6 Å². The Hall–Kier alpha value is -2.14. The second-order valence-corrected chi connectivity index (χ2v) is 4.81. The Morgan fingerprint density at radius 3 is 2.74 bits per heavy atom. The predicted octanol–water partition coefficient (Wildman–Crippen LogP) is -0.569. The molecular weight excluding hydrogens is 266 g/mol. The number of piperazine rings is 1. The fraction of sp³-hybridized carbons (Fsp3) is 0.455. The number of nitriles is 1. The average molecular weight is 279 g/mol. The van der Waals surface area contributed by atoms with Gasteiger partial charge in [-0.2, -0.15) is 5.26 Å². The summed E-state index contributed by atoms with van der Waals surface area (Å²) in [5, 5.41) is 13.4. The van der Waals surface area contributed by atoms with Crippen LogP contribution in [-0.4, -0.2) is 54.4 Å². The first-order chi connectivity index (χ1) is 9.22. The summed E-state index contributed by atoms with van der Waals surface area (Å²) < 4.78 is 0. The number of hydrogen-bond donors (Lipinski definition) is 1. The van der Waals surface area contributed by atoms with E-state index in [2.05, 4.69) is 15.2 Å². The molecule has 0 spiro atoms. The van der Waals surface area contributed by atoms with Crippen molar-refractivity contribution < 1.29 is 9.59 Å². The van der Waals surface area contributed by atoms with Gasteiger partial charge >= 0.3 is 11.8 Å². The topological polar surface area (TPSA) is 89.3 Å². The monoisotopic (exact) mass is 279 g/mol. The van der Waals surface area contributed by atoms with Crippen LogP contribution in [0.3, 0.4) is 0 Å². The number of amides is 2. The molecule has 1 N–H and O–H groups in total. The molecule has 8 heteroatoms. The Morgan fingerprint density at radius 1 is 1.42 bits per heavy atom. The van der Waals surface area contributed by atoms with Gasteiger partial charge in [0.1, 0.15) is 6.54 Å². The van der Waals surface area contributed by atoms with E-state index in [9.17, 15) is 9.59 Å². The predicted molar refractivity (Wildman–Crippen MR) is 69.5 cm³/mol. The highest BCUT2D eigenvalue weighted by molar-refractivity contribution is 7.13. The van der Waals surface area contributed by atoms with Crippen LogP contribution < -0.4 is 10.2 Å². The smallest absolute Gasteiger partial charge is 0.312 e. The lowest BCUT2D eigenvalue weighted by atomic mass is 10.3. The van der Waals surface area contributed by atoms with Crippen molar-refractivity contribution in [2.24, 2.45) is 0 Å². The van der Waals surface area contributed by atoms with Crippen molar-refractivity contribution in [1.29, 1.82) is 5.26 Å². The zero-order chi connectivity index (χ0) is 13.7. The van der Waals surface area contributed by atoms with Crippen LogP contribution in [-0.2, 0) is 9.59 Å². The molecule has 0 aliphatic carbocycles. The molecule has 2 amide bonds. The summed E-state index contributed by atoms with van der Waals surface area (Å²) in [6, 6.07) is 1.76. The number of nitrogens with one attached hydrogen (secondary N) is 1. The first-order valence-corrected chi connectivity index (χ1v) is 6.69. The van der Waals surface area contributed by atoms with Crippen LogP contribution in [0.4, 0.5) is 5.13 Å². The molecular formula is C11H13N5O2S. The van der Waals surface area contributed by atoms with E-state index in [4.69, 9.17) is 5.26 Å². The zero-order valence-corrected chi connectivity index (χ0v) is 11.0. The molecule has 2 heterocycles. The SMILES string of the molecule is N#CCNC(=O)C(=O)N1CCN(c2nccs2)CC1. The number of nitrogens with zero attached hydrogens (tertiary/aromatic N) is 4. The van der Waals surface area contributed by atoms with E-state index < -0.39 is 11.8 Å². The van der Waals surface area contributed by atoms with Gasteiger partial charge in [-0.05, 0) is 0 Å². The van der Waals surface area contributed by atoms with Gasteiger partial charge in [0.2, 0.25) is 0 Å². The second kappa shape index (κ2) is 6.15. The molecule has 1 fully saturated rings. The minimum Gasteiger partial charge on any atom is -0.345 e. The Bertz CT molecular complexity index is 488. The van der Waals surface area contributed by atoms with Gasteiger partial charge < -0.3 is 15.1 Å². The first-order valence-electron chi connectivity index (χ1n) is 5.81. The van der Waals surface area contributed by atoms with Gasteiger partial charge in [0.15, 0.2) is 5.13 Å². The van der Waals surface area contributed by atoms with Gasteiger partial charge in [0, 0.05) is 37.8 Å². The lowest BCUT2D eigenvalue weighted by Crippen LogP contribution is -2.52. The summed E-state index contributed by atoms with van der Waals surface area (Å²) in [6.45, 7) is 2.13. The van der Waals surface area contributed by atoms with Crippen molar-refractivity contribution in [3.05, 3.63) is 11.6 Å².